The number of nitrogens with one attached hydrogen (secondary N) is 1. The molecule has 1 amide bonds. The number of rotatable bonds is 2. The van der Waals surface area contributed by atoms with Gasteiger partial charge in [0.1, 0.15) is 0 Å². The minimum atomic E-state index is 0.147. The number of likely N-dealkylation sites (tertiary alicyclic amines) is 1. The van der Waals surface area contributed by atoms with Crippen molar-refractivity contribution in [1.29, 1.82) is 0 Å². The standard InChI is InChI=1S/C13H20N2O/c1-2-3-4-7-13(16)15-9-11-6-5-8-14-12(11)10-15/h2-4,7,11-12,14H,5-6,8-10H2,1H3. The third kappa shape index (κ3) is 2.53. The molecule has 2 heterocycles. The molecule has 0 saturated carbocycles. The van der Waals surface area contributed by atoms with Crippen LogP contribution in [-0.4, -0.2) is 36.5 Å². The molecule has 0 spiro atoms. The number of hydrogen-bond acceptors (Lipinski definition) is 2. The van der Waals surface area contributed by atoms with E-state index in [4.69, 9.17) is 0 Å². The molecule has 2 saturated heterocycles. The molecule has 0 radical (unpaired) electrons. The molecule has 2 fully saturated rings. The summed E-state index contributed by atoms with van der Waals surface area (Å²) >= 11 is 0. The summed E-state index contributed by atoms with van der Waals surface area (Å²) < 4.78 is 0. The maximum absolute atomic E-state index is 11.8. The number of allylic oxidation sites excluding steroid dienone is 3. The lowest BCUT2D eigenvalue weighted by molar-refractivity contribution is -0.125. The van der Waals surface area contributed by atoms with E-state index in [-0.39, 0.29) is 5.91 Å². The topological polar surface area (TPSA) is 32.3 Å². The normalized spacial score (nSPS) is 30.2. The first-order valence-electron chi connectivity index (χ1n) is 6.13. The van der Waals surface area contributed by atoms with Crippen LogP contribution in [0, 0.1) is 5.92 Å². The van der Waals surface area contributed by atoms with Gasteiger partial charge in [0.25, 0.3) is 0 Å². The minimum absolute atomic E-state index is 0.147. The number of carbonyl (C=O) groups excluding carboxylic acids is 1. The number of piperidine rings is 1. The second-order valence-electron chi connectivity index (χ2n) is 4.59. The Balaban J connectivity index is 1.89. The first kappa shape index (κ1) is 11.4. The van der Waals surface area contributed by atoms with Crippen molar-refractivity contribution < 1.29 is 4.79 Å². The van der Waals surface area contributed by atoms with Crippen molar-refractivity contribution in [2.45, 2.75) is 25.8 Å². The lowest BCUT2D eigenvalue weighted by Crippen LogP contribution is -2.40. The van der Waals surface area contributed by atoms with Gasteiger partial charge in [0.15, 0.2) is 0 Å². The Morgan fingerprint density at radius 2 is 2.25 bits per heavy atom. The molecule has 2 atom stereocenters. The van der Waals surface area contributed by atoms with E-state index >= 15 is 0 Å². The molecule has 2 aliphatic rings. The van der Waals surface area contributed by atoms with Crippen LogP contribution in [0.2, 0.25) is 0 Å². The summed E-state index contributed by atoms with van der Waals surface area (Å²) in [6, 6.07) is 0.535. The highest BCUT2D eigenvalue weighted by molar-refractivity contribution is 5.88. The van der Waals surface area contributed by atoms with Crippen LogP contribution in [0.5, 0.6) is 0 Å². The molecule has 2 aliphatic heterocycles. The fourth-order valence-electron chi connectivity index (χ4n) is 2.58. The molecular weight excluding hydrogens is 200 g/mol. The van der Waals surface area contributed by atoms with E-state index < -0.39 is 0 Å². The number of fused-ring (bicyclic) bond motifs is 1. The fraction of sp³-hybridized carbons (Fsp3) is 0.615. The highest BCUT2D eigenvalue weighted by Crippen LogP contribution is 2.24. The molecule has 3 nitrogen and oxygen atoms in total. The van der Waals surface area contributed by atoms with Gasteiger partial charge in [0.2, 0.25) is 5.91 Å². The molecule has 0 aliphatic carbocycles. The lowest BCUT2D eigenvalue weighted by Gasteiger charge is -2.24. The van der Waals surface area contributed by atoms with Crippen molar-refractivity contribution in [1.82, 2.24) is 10.2 Å². The number of hydrogen-bond donors (Lipinski definition) is 1. The van der Waals surface area contributed by atoms with Crippen molar-refractivity contribution in [2.24, 2.45) is 5.92 Å². The zero-order valence-electron chi connectivity index (χ0n) is 9.86. The van der Waals surface area contributed by atoms with Crippen molar-refractivity contribution in [3.05, 3.63) is 24.3 Å². The summed E-state index contributed by atoms with van der Waals surface area (Å²) in [4.78, 5) is 13.8. The quantitative estimate of drug-likeness (QED) is 0.562. The maximum Gasteiger partial charge on any atom is 0.246 e. The second kappa shape index (κ2) is 5.30. The number of nitrogens with zero attached hydrogens (tertiary/aromatic N) is 1. The van der Waals surface area contributed by atoms with E-state index in [1.54, 1.807) is 6.08 Å². The van der Waals surface area contributed by atoms with Crippen molar-refractivity contribution in [3.63, 3.8) is 0 Å². The van der Waals surface area contributed by atoms with Crippen LogP contribution in [0.15, 0.2) is 24.3 Å². The second-order valence-corrected chi connectivity index (χ2v) is 4.59. The highest BCUT2D eigenvalue weighted by atomic mass is 16.2. The monoisotopic (exact) mass is 220 g/mol. The first-order valence-corrected chi connectivity index (χ1v) is 6.13. The molecule has 2 unspecified atom stereocenters. The van der Waals surface area contributed by atoms with Gasteiger partial charge in [-0.1, -0.05) is 18.2 Å². The van der Waals surface area contributed by atoms with Gasteiger partial charge in [-0.3, -0.25) is 4.79 Å². The van der Waals surface area contributed by atoms with Crippen LogP contribution in [0.25, 0.3) is 0 Å². The van der Waals surface area contributed by atoms with E-state index in [0.717, 1.165) is 19.6 Å². The third-order valence-electron chi connectivity index (χ3n) is 3.45. The third-order valence-corrected chi connectivity index (χ3v) is 3.45. The van der Waals surface area contributed by atoms with Gasteiger partial charge in [-0.25, -0.2) is 0 Å². The van der Waals surface area contributed by atoms with E-state index in [0.29, 0.717) is 12.0 Å². The smallest absolute Gasteiger partial charge is 0.246 e. The van der Waals surface area contributed by atoms with Crippen LogP contribution in [0.4, 0.5) is 0 Å². The van der Waals surface area contributed by atoms with E-state index in [1.807, 2.05) is 30.1 Å². The molecule has 1 N–H and O–H groups in total. The zero-order chi connectivity index (χ0) is 11.4. The molecule has 0 bridgehead atoms. The summed E-state index contributed by atoms with van der Waals surface area (Å²) in [7, 11) is 0. The van der Waals surface area contributed by atoms with Gasteiger partial charge in [0, 0.05) is 25.2 Å². The molecule has 3 heteroatoms. The van der Waals surface area contributed by atoms with Crippen molar-refractivity contribution in [3.8, 4) is 0 Å². The lowest BCUT2D eigenvalue weighted by atomic mass is 9.94. The summed E-state index contributed by atoms with van der Waals surface area (Å²) in [6.07, 6.45) is 9.81. The first-order chi connectivity index (χ1) is 7.81. The predicted molar refractivity (Wildman–Crippen MR) is 65.0 cm³/mol. The van der Waals surface area contributed by atoms with Crippen LogP contribution >= 0.6 is 0 Å². The zero-order valence-corrected chi connectivity index (χ0v) is 9.86. The average Bonchev–Trinajstić information content (AvgIpc) is 2.73. The summed E-state index contributed by atoms with van der Waals surface area (Å²) in [5.41, 5.74) is 0. The summed E-state index contributed by atoms with van der Waals surface area (Å²) in [6.45, 7) is 4.86. The van der Waals surface area contributed by atoms with E-state index in [9.17, 15) is 4.79 Å². The molecule has 88 valence electrons. The molecule has 0 aromatic heterocycles. The van der Waals surface area contributed by atoms with Gasteiger partial charge in [-0.05, 0) is 32.2 Å². The largest absolute Gasteiger partial charge is 0.337 e. The Bertz CT molecular complexity index is 295. The van der Waals surface area contributed by atoms with Gasteiger partial charge >= 0.3 is 0 Å². The molecular formula is C13H20N2O. The van der Waals surface area contributed by atoms with Gasteiger partial charge < -0.3 is 10.2 Å². The number of carbonyl (C=O) groups is 1. The Labute approximate surface area is 97.2 Å². The summed E-state index contributed by atoms with van der Waals surface area (Å²) in [5, 5.41) is 3.50. The molecule has 16 heavy (non-hydrogen) atoms. The minimum Gasteiger partial charge on any atom is -0.337 e. The Hall–Kier alpha value is -1.09. The highest BCUT2D eigenvalue weighted by Gasteiger charge is 2.35. The molecule has 2 rings (SSSR count). The summed E-state index contributed by atoms with van der Waals surface area (Å²) in [5.74, 6) is 0.821. The van der Waals surface area contributed by atoms with E-state index in [1.165, 1.54) is 12.8 Å². The Morgan fingerprint density at radius 3 is 3.00 bits per heavy atom. The number of amides is 1. The fourth-order valence-corrected chi connectivity index (χ4v) is 2.58. The van der Waals surface area contributed by atoms with Gasteiger partial charge in [-0.2, -0.15) is 0 Å². The Kier molecular flexibility index (Phi) is 3.78. The average molecular weight is 220 g/mol. The van der Waals surface area contributed by atoms with Crippen LogP contribution in [-0.2, 0) is 4.79 Å². The predicted octanol–water partition coefficient (Wildman–Crippen LogP) is 1.33. The van der Waals surface area contributed by atoms with Crippen LogP contribution in [0.1, 0.15) is 19.8 Å². The van der Waals surface area contributed by atoms with Crippen LogP contribution < -0.4 is 5.32 Å². The Morgan fingerprint density at radius 1 is 1.38 bits per heavy atom. The van der Waals surface area contributed by atoms with Gasteiger partial charge in [0.05, 0.1) is 0 Å². The van der Waals surface area contributed by atoms with Crippen molar-refractivity contribution >= 4 is 5.91 Å². The SMILES string of the molecule is CC=CC=CC(=O)N1CC2CCCNC2C1. The maximum atomic E-state index is 11.8. The van der Waals surface area contributed by atoms with Crippen LogP contribution in [0.3, 0.4) is 0 Å². The molecule has 0 aromatic rings. The van der Waals surface area contributed by atoms with Crippen molar-refractivity contribution in [2.75, 3.05) is 19.6 Å². The van der Waals surface area contributed by atoms with Gasteiger partial charge in [-0.15, -0.1) is 0 Å². The van der Waals surface area contributed by atoms with E-state index in [2.05, 4.69) is 5.32 Å². The molecule has 0 aromatic carbocycles.